The minimum atomic E-state index is 0.577. The molecule has 0 aliphatic rings. The molecule has 0 heterocycles. The van der Waals surface area contributed by atoms with E-state index in [-0.39, 0.29) is 0 Å². The molecule has 0 atom stereocenters. The van der Waals surface area contributed by atoms with E-state index in [4.69, 9.17) is 0 Å². The molecule has 2 aromatic carbocycles. The number of hydrogen-bond donors (Lipinski definition) is 2. The first kappa shape index (κ1) is 12.9. The van der Waals surface area contributed by atoms with E-state index in [1.54, 1.807) is 6.08 Å². The highest BCUT2D eigenvalue weighted by atomic mass is 15.4. The van der Waals surface area contributed by atoms with E-state index in [0.717, 1.165) is 17.1 Å². The maximum Gasteiger partial charge on any atom is 0.147 e. The van der Waals surface area contributed by atoms with Crippen LogP contribution in [0.2, 0.25) is 0 Å². The van der Waals surface area contributed by atoms with Crippen LogP contribution in [0.3, 0.4) is 0 Å². The fraction of sp³-hybridized carbons (Fsp3) is 0.0625. The average molecular weight is 251 g/mol. The lowest BCUT2D eigenvalue weighted by Crippen LogP contribution is -2.30. The standard InChI is InChI=1S/C16H17N3/c1-2-13-17-16(14-9-5-3-6-10-14)19-18-15-11-7-4-8-12-15/h2-12,18H,1,13H2,(H,17,19). The van der Waals surface area contributed by atoms with Gasteiger partial charge in [-0.2, -0.15) is 0 Å². The number of hydrazine groups is 1. The largest absolute Gasteiger partial charge is 0.300 e. The molecule has 0 unspecified atom stereocenters. The van der Waals surface area contributed by atoms with Crippen LogP contribution in [0.1, 0.15) is 5.56 Å². The van der Waals surface area contributed by atoms with Gasteiger partial charge in [-0.15, -0.1) is 6.58 Å². The lowest BCUT2D eigenvalue weighted by atomic mass is 10.2. The molecule has 0 aliphatic carbocycles. The minimum Gasteiger partial charge on any atom is -0.300 e. The summed E-state index contributed by atoms with van der Waals surface area (Å²) in [6, 6.07) is 19.9. The zero-order chi connectivity index (χ0) is 13.3. The second-order valence-electron chi connectivity index (χ2n) is 3.96. The smallest absolute Gasteiger partial charge is 0.147 e. The van der Waals surface area contributed by atoms with E-state index in [1.165, 1.54) is 0 Å². The van der Waals surface area contributed by atoms with Crippen LogP contribution < -0.4 is 10.9 Å². The van der Waals surface area contributed by atoms with Crippen LogP contribution in [0, 0.1) is 0 Å². The van der Waals surface area contributed by atoms with Crippen LogP contribution in [0.4, 0.5) is 5.69 Å². The number of para-hydroxylation sites is 1. The Bertz CT molecular complexity index is 532. The number of aliphatic imine (C=N–C) groups is 1. The van der Waals surface area contributed by atoms with Crippen LogP contribution in [0.15, 0.2) is 78.3 Å². The maximum atomic E-state index is 4.45. The minimum absolute atomic E-state index is 0.577. The monoisotopic (exact) mass is 251 g/mol. The summed E-state index contributed by atoms with van der Waals surface area (Å²) in [7, 11) is 0. The summed E-state index contributed by atoms with van der Waals surface area (Å²) in [5, 5.41) is 0. The van der Waals surface area contributed by atoms with Crippen LogP contribution >= 0.6 is 0 Å². The highest BCUT2D eigenvalue weighted by Crippen LogP contribution is 2.04. The number of nitrogens with one attached hydrogen (secondary N) is 2. The molecule has 96 valence electrons. The normalized spacial score (nSPS) is 10.8. The highest BCUT2D eigenvalue weighted by Gasteiger charge is 2.01. The molecule has 2 rings (SSSR count). The number of hydrogen-bond acceptors (Lipinski definition) is 2. The quantitative estimate of drug-likeness (QED) is 0.370. The van der Waals surface area contributed by atoms with E-state index in [1.807, 2.05) is 60.7 Å². The zero-order valence-corrected chi connectivity index (χ0v) is 10.7. The number of benzene rings is 2. The van der Waals surface area contributed by atoms with Gasteiger partial charge in [0.1, 0.15) is 5.84 Å². The number of rotatable bonds is 5. The zero-order valence-electron chi connectivity index (χ0n) is 10.7. The van der Waals surface area contributed by atoms with Crippen LogP contribution in [0.25, 0.3) is 0 Å². The predicted molar refractivity (Wildman–Crippen MR) is 81.2 cm³/mol. The van der Waals surface area contributed by atoms with Gasteiger partial charge in [0.05, 0.1) is 12.2 Å². The number of anilines is 1. The SMILES string of the molecule is C=CCN=C(NNc1ccccc1)c1ccccc1. The molecule has 2 aromatic rings. The summed E-state index contributed by atoms with van der Waals surface area (Å²) in [5.74, 6) is 0.796. The lowest BCUT2D eigenvalue weighted by Gasteiger charge is -2.12. The van der Waals surface area contributed by atoms with Crippen LogP contribution in [-0.4, -0.2) is 12.4 Å². The molecular formula is C16H17N3. The second-order valence-corrected chi connectivity index (χ2v) is 3.96. The first-order valence-corrected chi connectivity index (χ1v) is 6.18. The number of nitrogens with zero attached hydrogens (tertiary/aromatic N) is 1. The van der Waals surface area contributed by atoms with Gasteiger partial charge in [0.15, 0.2) is 0 Å². The predicted octanol–water partition coefficient (Wildman–Crippen LogP) is 3.24. The second kappa shape index (κ2) is 7.01. The Morgan fingerprint density at radius 1 is 1.00 bits per heavy atom. The van der Waals surface area contributed by atoms with E-state index in [2.05, 4.69) is 22.4 Å². The Morgan fingerprint density at radius 2 is 1.63 bits per heavy atom. The van der Waals surface area contributed by atoms with Gasteiger partial charge in [0.2, 0.25) is 0 Å². The molecule has 2 N–H and O–H groups in total. The summed E-state index contributed by atoms with van der Waals surface area (Å²) in [6.45, 7) is 4.27. The van der Waals surface area contributed by atoms with Gasteiger partial charge < -0.3 is 0 Å². The Hall–Kier alpha value is -2.55. The summed E-state index contributed by atoms with van der Waals surface area (Å²) in [4.78, 5) is 4.45. The summed E-state index contributed by atoms with van der Waals surface area (Å²) in [6.07, 6.45) is 1.77. The van der Waals surface area contributed by atoms with Crippen LogP contribution in [-0.2, 0) is 0 Å². The molecular weight excluding hydrogens is 234 g/mol. The van der Waals surface area contributed by atoms with Gasteiger partial charge in [-0.05, 0) is 12.1 Å². The van der Waals surface area contributed by atoms with Crippen molar-refractivity contribution >= 4 is 11.5 Å². The summed E-state index contributed by atoms with van der Waals surface area (Å²) >= 11 is 0. The van der Waals surface area contributed by atoms with Gasteiger partial charge >= 0.3 is 0 Å². The van der Waals surface area contributed by atoms with E-state index < -0.39 is 0 Å². The Balaban J connectivity index is 2.09. The molecule has 19 heavy (non-hydrogen) atoms. The summed E-state index contributed by atoms with van der Waals surface area (Å²) < 4.78 is 0. The Morgan fingerprint density at radius 3 is 2.26 bits per heavy atom. The van der Waals surface area contributed by atoms with E-state index in [0.29, 0.717) is 6.54 Å². The van der Waals surface area contributed by atoms with Gasteiger partial charge in [0, 0.05) is 5.56 Å². The topological polar surface area (TPSA) is 36.4 Å². The Labute approximate surface area is 113 Å². The van der Waals surface area contributed by atoms with Crippen molar-refractivity contribution in [3.63, 3.8) is 0 Å². The molecule has 0 saturated heterocycles. The fourth-order valence-electron chi connectivity index (χ4n) is 1.61. The summed E-state index contributed by atoms with van der Waals surface area (Å²) in [5.41, 5.74) is 8.30. The van der Waals surface area contributed by atoms with Crippen molar-refractivity contribution < 1.29 is 0 Å². The Kier molecular flexibility index (Phi) is 4.76. The molecule has 0 aromatic heterocycles. The third-order valence-corrected chi connectivity index (χ3v) is 2.52. The van der Waals surface area contributed by atoms with Crippen LogP contribution in [0.5, 0.6) is 0 Å². The molecule has 0 radical (unpaired) electrons. The van der Waals surface area contributed by atoms with Crippen molar-refractivity contribution in [1.29, 1.82) is 0 Å². The van der Waals surface area contributed by atoms with Gasteiger partial charge in [-0.3, -0.25) is 15.8 Å². The van der Waals surface area contributed by atoms with Gasteiger partial charge in [0.25, 0.3) is 0 Å². The first-order chi connectivity index (χ1) is 9.40. The van der Waals surface area contributed by atoms with Crippen molar-refractivity contribution in [3.05, 3.63) is 78.9 Å². The molecule has 0 fully saturated rings. The molecule has 0 saturated carbocycles. The van der Waals surface area contributed by atoms with Crippen molar-refractivity contribution in [2.45, 2.75) is 0 Å². The molecule has 3 nitrogen and oxygen atoms in total. The molecule has 0 bridgehead atoms. The average Bonchev–Trinajstić information content (AvgIpc) is 2.49. The highest BCUT2D eigenvalue weighted by molar-refractivity contribution is 5.99. The number of amidine groups is 1. The van der Waals surface area contributed by atoms with E-state index in [9.17, 15) is 0 Å². The first-order valence-electron chi connectivity index (χ1n) is 6.18. The van der Waals surface area contributed by atoms with Crippen molar-refractivity contribution in [1.82, 2.24) is 5.43 Å². The third kappa shape index (κ3) is 4.00. The molecule has 0 amide bonds. The van der Waals surface area contributed by atoms with Crippen molar-refractivity contribution in [2.75, 3.05) is 12.0 Å². The lowest BCUT2D eigenvalue weighted by molar-refractivity contribution is 1.08. The molecule has 0 spiro atoms. The molecule has 0 aliphatic heterocycles. The van der Waals surface area contributed by atoms with Crippen molar-refractivity contribution in [2.24, 2.45) is 4.99 Å². The van der Waals surface area contributed by atoms with Gasteiger partial charge in [-0.1, -0.05) is 54.6 Å². The third-order valence-electron chi connectivity index (χ3n) is 2.52. The van der Waals surface area contributed by atoms with Crippen molar-refractivity contribution in [3.8, 4) is 0 Å². The van der Waals surface area contributed by atoms with Gasteiger partial charge in [-0.25, -0.2) is 0 Å². The molecule has 3 heteroatoms. The fourth-order valence-corrected chi connectivity index (χ4v) is 1.61. The maximum absolute atomic E-state index is 4.45. The van der Waals surface area contributed by atoms with E-state index >= 15 is 0 Å².